The summed E-state index contributed by atoms with van der Waals surface area (Å²) in [5.41, 5.74) is 1.17. The molecule has 1 aromatic carbocycles. The molecule has 2 rings (SSSR count). The van der Waals surface area contributed by atoms with Gasteiger partial charge in [-0.25, -0.2) is 9.37 Å². The molecule has 2 aromatic rings. The second kappa shape index (κ2) is 3.68. The van der Waals surface area contributed by atoms with Crippen LogP contribution in [0.1, 0.15) is 5.69 Å². The summed E-state index contributed by atoms with van der Waals surface area (Å²) in [6.07, 6.45) is 0. The van der Waals surface area contributed by atoms with Crippen LogP contribution in [0.5, 0.6) is 0 Å². The molecule has 1 heterocycles. The summed E-state index contributed by atoms with van der Waals surface area (Å²) in [5.74, 6) is 0.218. The maximum atomic E-state index is 13.4. The third-order valence-electron chi connectivity index (χ3n) is 1.89. The molecule has 0 saturated heterocycles. The van der Waals surface area contributed by atoms with E-state index in [1.165, 1.54) is 6.07 Å². The highest BCUT2D eigenvalue weighted by molar-refractivity contribution is 14.1. The smallest absolute Gasteiger partial charge is 0.257 e. The van der Waals surface area contributed by atoms with E-state index in [-0.39, 0.29) is 5.82 Å². The van der Waals surface area contributed by atoms with Crippen LogP contribution in [0.4, 0.5) is 4.39 Å². The van der Waals surface area contributed by atoms with Crippen LogP contribution in [0.2, 0.25) is 0 Å². The molecule has 0 bridgehead atoms. The van der Waals surface area contributed by atoms with Gasteiger partial charge in [0.05, 0.1) is 11.3 Å². The Balaban J connectivity index is 2.60. The van der Waals surface area contributed by atoms with Crippen molar-refractivity contribution < 1.29 is 8.81 Å². The van der Waals surface area contributed by atoms with Gasteiger partial charge < -0.3 is 4.42 Å². The van der Waals surface area contributed by atoms with E-state index in [1.54, 1.807) is 25.1 Å². The molecular weight excluding hydrogens is 296 g/mol. The number of benzene rings is 1. The van der Waals surface area contributed by atoms with Crippen molar-refractivity contribution in [3.63, 3.8) is 0 Å². The Morgan fingerprint density at radius 2 is 2.07 bits per heavy atom. The van der Waals surface area contributed by atoms with Gasteiger partial charge in [0.1, 0.15) is 5.82 Å². The molecule has 0 saturated carbocycles. The van der Waals surface area contributed by atoms with Crippen LogP contribution in [0.3, 0.4) is 0 Å². The van der Waals surface area contributed by atoms with Gasteiger partial charge in [-0.3, -0.25) is 0 Å². The fourth-order valence-electron chi connectivity index (χ4n) is 1.26. The molecule has 0 fully saturated rings. The van der Waals surface area contributed by atoms with E-state index in [0.717, 1.165) is 0 Å². The van der Waals surface area contributed by atoms with E-state index in [9.17, 15) is 4.39 Å². The summed E-state index contributed by atoms with van der Waals surface area (Å²) in [6, 6.07) is 6.51. The van der Waals surface area contributed by atoms with Crippen molar-refractivity contribution in [3.05, 3.63) is 39.7 Å². The van der Waals surface area contributed by atoms with Gasteiger partial charge in [0.2, 0.25) is 0 Å². The molecule has 0 N–H and O–H groups in total. The van der Waals surface area contributed by atoms with Gasteiger partial charge >= 0.3 is 0 Å². The highest BCUT2D eigenvalue weighted by Gasteiger charge is 2.13. The lowest BCUT2D eigenvalue weighted by molar-refractivity contribution is 0.532. The Morgan fingerprint density at radius 3 is 2.64 bits per heavy atom. The molecule has 0 radical (unpaired) electrons. The summed E-state index contributed by atoms with van der Waals surface area (Å²) in [4.78, 5) is 4.08. The van der Waals surface area contributed by atoms with E-state index in [1.807, 2.05) is 22.6 Å². The minimum absolute atomic E-state index is 0.289. The maximum absolute atomic E-state index is 13.4. The molecule has 1 aromatic heterocycles. The largest absolute Gasteiger partial charge is 0.431 e. The van der Waals surface area contributed by atoms with Gasteiger partial charge in [0.25, 0.3) is 3.90 Å². The molecule has 0 unspecified atom stereocenters. The zero-order valence-electron chi connectivity index (χ0n) is 7.42. The van der Waals surface area contributed by atoms with Crippen molar-refractivity contribution in [3.8, 4) is 11.3 Å². The third-order valence-corrected chi connectivity index (χ3v) is 2.35. The second-order valence-electron chi connectivity index (χ2n) is 2.86. The Labute approximate surface area is 94.3 Å². The summed E-state index contributed by atoms with van der Waals surface area (Å²) < 4.78 is 19.2. The van der Waals surface area contributed by atoms with Crippen LogP contribution in [0.15, 0.2) is 28.7 Å². The van der Waals surface area contributed by atoms with Crippen LogP contribution in [0.25, 0.3) is 11.3 Å². The highest BCUT2D eigenvalue weighted by Crippen LogP contribution is 2.27. The molecule has 2 nitrogen and oxygen atoms in total. The van der Waals surface area contributed by atoms with Crippen LogP contribution in [0, 0.1) is 16.6 Å². The number of aromatic nitrogens is 1. The van der Waals surface area contributed by atoms with Gasteiger partial charge in [-0.1, -0.05) is 12.1 Å². The average Bonchev–Trinajstić information content (AvgIpc) is 2.46. The minimum Gasteiger partial charge on any atom is -0.431 e. The topological polar surface area (TPSA) is 26.0 Å². The first-order valence-electron chi connectivity index (χ1n) is 4.06. The summed E-state index contributed by atoms with van der Waals surface area (Å²) in [5, 5.41) is 0. The van der Waals surface area contributed by atoms with E-state index >= 15 is 0 Å². The third kappa shape index (κ3) is 1.66. The Kier molecular flexibility index (Phi) is 2.54. The first kappa shape index (κ1) is 9.64. The van der Waals surface area contributed by atoms with Gasteiger partial charge in [-0.05, 0) is 19.1 Å². The number of oxazole rings is 1. The molecular formula is C10H7FINO. The summed E-state index contributed by atoms with van der Waals surface area (Å²) >= 11 is 1.96. The van der Waals surface area contributed by atoms with Gasteiger partial charge in [-0.2, -0.15) is 0 Å². The van der Waals surface area contributed by atoms with Crippen LogP contribution in [-0.2, 0) is 0 Å². The van der Waals surface area contributed by atoms with E-state index in [4.69, 9.17) is 4.42 Å². The SMILES string of the molecule is Cc1nc(I)oc1-c1ccccc1F. The molecule has 0 aliphatic heterocycles. The quantitative estimate of drug-likeness (QED) is 0.755. The van der Waals surface area contributed by atoms with Gasteiger partial charge in [0.15, 0.2) is 5.76 Å². The lowest BCUT2D eigenvalue weighted by Gasteiger charge is -1.98. The highest BCUT2D eigenvalue weighted by atomic mass is 127. The van der Waals surface area contributed by atoms with Gasteiger partial charge in [-0.15, -0.1) is 0 Å². The Bertz CT molecular complexity index is 467. The normalized spacial score (nSPS) is 10.5. The number of rotatable bonds is 1. The van der Waals surface area contributed by atoms with Crippen molar-refractivity contribution in [1.29, 1.82) is 0 Å². The monoisotopic (exact) mass is 303 g/mol. The predicted molar refractivity (Wildman–Crippen MR) is 59.4 cm³/mol. The number of halogens is 2. The fourth-order valence-corrected chi connectivity index (χ4v) is 1.84. The van der Waals surface area contributed by atoms with Crippen molar-refractivity contribution in [1.82, 2.24) is 4.98 Å². The molecule has 14 heavy (non-hydrogen) atoms. The van der Waals surface area contributed by atoms with Crippen molar-refractivity contribution in [2.75, 3.05) is 0 Å². The maximum Gasteiger partial charge on any atom is 0.257 e. The van der Waals surface area contributed by atoms with Crippen LogP contribution < -0.4 is 0 Å². The number of hydrogen-bond acceptors (Lipinski definition) is 2. The number of aryl methyl sites for hydroxylation is 1. The predicted octanol–water partition coefficient (Wildman–Crippen LogP) is 3.39. The standard InChI is InChI=1S/C10H7FINO/c1-6-9(14-10(12)13-6)7-4-2-3-5-8(7)11/h2-5H,1H3. The van der Waals surface area contributed by atoms with Crippen LogP contribution >= 0.6 is 22.6 Å². The van der Waals surface area contributed by atoms with Crippen molar-refractivity contribution >= 4 is 22.6 Å². The lowest BCUT2D eigenvalue weighted by atomic mass is 10.1. The average molecular weight is 303 g/mol. The summed E-state index contributed by atoms with van der Waals surface area (Å²) in [6.45, 7) is 1.80. The molecule has 4 heteroatoms. The second-order valence-corrected chi connectivity index (χ2v) is 3.78. The Morgan fingerprint density at radius 1 is 1.36 bits per heavy atom. The molecule has 0 amide bonds. The zero-order valence-corrected chi connectivity index (χ0v) is 9.58. The first-order valence-corrected chi connectivity index (χ1v) is 5.14. The molecule has 0 aliphatic rings. The zero-order chi connectivity index (χ0) is 10.1. The number of nitrogens with zero attached hydrogens (tertiary/aromatic N) is 1. The van der Waals surface area contributed by atoms with E-state index in [0.29, 0.717) is 20.9 Å². The molecule has 0 aliphatic carbocycles. The van der Waals surface area contributed by atoms with Crippen molar-refractivity contribution in [2.24, 2.45) is 0 Å². The first-order chi connectivity index (χ1) is 6.68. The fraction of sp³-hybridized carbons (Fsp3) is 0.100. The van der Waals surface area contributed by atoms with Crippen LogP contribution in [-0.4, -0.2) is 4.98 Å². The lowest BCUT2D eigenvalue weighted by Crippen LogP contribution is -1.83. The molecule has 0 atom stereocenters. The Hall–Kier alpha value is -0.910. The minimum atomic E-state index is -0.289. The van der Waals surface area contributed by atoms with Gasteiger partial charge in [0, 0.05) is 22.6 Å². The molecule has 72 valence electrons. The molecule has 0 spiro atoms. The van der Waals surface area contributed by atoms with E-state index in [2.05, 4.69) is 4.98 Å². The number of hydrogen-bond donors (Lipinski definition) is 0. The van der Waals surface area contributed by atoms with Crippen molar-refractivity contribution in [2.45, 2.75) is 6.92 Å². The van der Waals surface area contributed by atoms with E-state index < -0.39 is 0 Å². The summed E-state index contributed by atoms with van der Waals surface area (Å²) in [7, 11) is 0.